The Balaban J connectivity index is 2.74. The fourth-order valence-electron chi connectivity index (χ4n) is 2.44. The average molecular weight is 393 g/mol. The zero-order chi connectivity index (χ0) is 20.4. The van der Waals surface area contributed by atoms with Crippen molar-refractivity contribution in [2.75, 3.05) is 39.6 Å². The van der Waals surface area contributed by atoms with E-state index >= 15 is 0 Å². The van der Waals surface area contributed by atoms with E-state index in [2.05, 4.69) is 9.47 Å². The second kappa shape index (κ2) is 7.82. The first-order chi connectivity index (χ1) is 12.6. The quantitative estimate of drug-likeness (QED) is 0.574. The number of rotatable bonds is 4. The molecule has 148 valence electrons. The molecule has 0 spiro atoms. The van der Waals surface area contributed by atoms with Gasteiger partial charge in [0.15, 0.2) is 5.82 Å². The number of anilines is 1. The lowest BCUT2D eigenvalue weighted by Crippen LogP contribution is -2.39. The summed E-state index contributed by atoms with van der Waals surface area (Å²) in [7, 11) is 3.14. The Morgan fingerprint density at radius 3 is 2.26 bits per heavy atom. The molecule has 0 aromatic heterocycles. The summed E-state index contributed by atoms with van der Waals surface area (Å²) in [6.45, 7) is -0.877. The number of methoxy groups -OCH3 is 3. The molecule has 0 radical (unpaired) electrons. The van der Waals surface area contributed by atoms with Gasteiger partial charge in [-0.15, -0.1) is 0 Å². The highest BCUT2D eigenvalue weighted by Crippen LogP contribution is 2.40. The van der Waals surface area contributed by atoms with E-state index in [4.69, 9.17) is 9.47 Å². The number of alkyl halides is 3. The maximum absolute atomic E-state index is 14.7. The predicted molar refractivity (Wildman–Crippen MR) is 82.3 cm³/mol. The van der Waals surface area contributed by atoms with Crippen molar-refractivity contribution in [1.29, 1.82) is 0 Å². The lowest BCUT2D eigenvalue weighted by atomic mass is 10.1. The highest BCUT2D eigenvalue weighted by Gasteiger charge is 2.39. The van der Waals surface area contributed by atoms with E-state index in [1.165, 1.54) is 0 Å². The number of nitrogens with zero attached hydrogens (tertiary/aromatic N) is 1. The van der Waals surface area contributed by atoms with Crippen molar-refractivity contribution >= 4 is 17.6 Å². The zero-order valence-corrected chi connectivity index (χ0v) is 14.5. The normalized spacial score (nSPS) is 14.9. The molecule has 1 heterocycles. The van der Waals surface area contributed by atoms with Gasteiger partial charge in [0.2, 0.25) is 0 Å². The van der Waals surface area contributed by atoms with Crippen LogP contribution >= 0.6 is 0 Å². The number of halogens is 4. The van der Waals surface area contributed by atoms with E-state index in [1.807, 2.05) is 0 Å². The number of ether oxygens (including phenoxy) is 4. The standard InChI is InChI=1S/C16H15F4NO6/c1-24-8-4-10(16(18,19)20)12(17)11(5-8)21-7-27-6-9(14(22)25-2)13(21)15(23)26-3/h4-5H,6-7H2,1-3H3. The summed E-state index contributed by atoms with van der Waals surface area (Å²) in [6.07, 6.45) is -5.02. The van der Waals surface area contributed by atoms with Crippen LogP contribution in [0.4, 0.5) is 23.2 Å². The maximum Gasteiger partial charge on any atom is 0.419 e. The van der Waals surface area contributed by atoms with Crippen molar-refractivity contribution in [3.8, 4) is 5.75 Å². The molecule has 2 rings (SSSR count). The van der Waals surface area contributed by atoms with Gasteiger partial charge in [-0.25, -0.2) is 14.0 Å². The number of hydrogen-bond donors (Lipinski definition) is 0. The third kappa shape index (κ3) is 3.97. The van der Waals surface area contributed by atoms with Gasteiger partial charge in [0.05, 0.1) is 44.8 Å². The third-order valence-corrected chi connectivity index (χ3v) is 3.69. The molecule has 1 aromatic carbocycles. The minimum atomic E-state index is -5.02. The molecule has 0 unspecified atom stereocenters. The van der Waals surface area contributed by atoms with Gasteiger partial charge in [-0.05, 0) is 6.07 Å². The highest BCUT2D eigenvalue weighted by atomic mass is 19.4. The topological polar surface area (TPSA) is 74.3 Å². The van der Waals surface area contributed by atoms with Crippen molar-refractivity contribution in [2.45, 2.75) is 6.18 Å². The Labute approximate surface area is 151 Å². The first-order valence-electron chi connectivity index (χ1n) is 7.35. The van der Waals surface area contributed by atoms with E-state index in [1.54, 1.807) is 0 Å². The minimum Gasteiger partial charge on any atom is -0.497 e. The fourth-order valence-corrected chi connectivity index (χ4v) is 2.44. The molecule has 0 amide bonds. The first kappa shape index (κ1) is 20.5. The minimum absolute atomic E-state index is 0.312. The van der Waals surface area contributed by atoms with Gasteiger partial charge >= 0.3 is 18.1 Å². The van der Waals surface area contributed by atoms with Crippen LogP contribution in [0.2, 0.25) is 0 Å². The van der Waals surface area contributed by atoms with E-state index < -0.39 is 47.6 Å². The zero-order valence-electron chi connectivity index (χ0n) is 14.5. The van der Waals surface area contributed by atoms with Crippen molar-refractivity contribution in [3.05, 3.63) is 34.8 Å². The van der Waals surface area contributed by atoms with Crippen LogP contribution < -0.4 is 9.64 Å². The van der Waals surface area contributed by atoms with Crippen LogP contribution in [0.3, 0.4) is 0 Å². The summed E-state index contributed by atoms with van der Waals surface area (Å²) in [4.78, 5) is 24.8. The molecular weight excluding hydrogens is 378 g/mol. The lowest BCUT2D eigenvalue weighted by molar-refractivity contribution is -0.141. The number of carbonyl (C=O) groups is 2. The SMILES string of the molecule is COC(=O)C1=C(C(=O)OC)N(c2cc(OC)cc(C(F)(F)F)c2F)COC1. The molecule has 0 atom stereocenters. The molecule has 27 heavy (non-hydrogen) atoms. The number of esters is 2. The smallest absolute Gasteiger partial charge is 0.419 e. The molecule has 1 aromatic rings. The summed E-state index contributed by atoms with van der Waals surface area (Å²) in [6, 6.07) is 1.42. The van der Waals surface area contributed by atoms with E-state index in [0.29, 0.717) is 6.07 Å². The van der Waals surface area contributed by atoms with Gasteiger partial charge < -0.3 is 23.8 Å². The maximum atomic E-state index is 14.7. The second-order valence-electron chi connectivity index (χ2n) is 5.22. The van der Waals surface area contributed by atoms with E-state index in [9.17, 15) is 27.2 Å². The summed E-state index contributed by atoms with van der Waals surface area (Å²) < 4.78 is 73.2. The Kier molecular flexibility index (Phi) is 5.94. The molecule has 11 heteroatoms. The first-order valence-corrected chi connectivity index (χ1v) is 7.35. The van der Waals surface area contributed by atoms with E-state index in [0.717, 1.165) is 32.3 Å². The number of hydrogen-bond acceptors (Lipinski definition) is 7. The predicted octanol–water partition coefficient (Wildman–Crippen LogP) is 2.25. The van der Waals surface area contributed by atoms with Gasteiger partial charge in [-0.1, -0.05) is 0 Å². The molecule has 0 saturated carbocycles. The van der Waals surface area contributed by atoms with Crippen LogP contribution in [0.15, 0.2) is 23.4 Å². The third-order valence-electron chi connectivity index (χ3n) is 3.69. The summed E-state index contributed by atoms with van der Waals surface area (Å²) in [5.41, 5.74) is -3.10. The Morgan fingerprint density at radius 2 is 1.74 bits per heavy atom. The van der Waals surface area contributed by atoms with Gasteiger partial charge in [0.1, 0.15) is 18.2 Å². The van der Waals surface area contributed by atoms with Crippen LogP contribution in [0.1, 0.15) is 5.56 Å². The van der Waals surface area contributed by atoms with Crippen LogP contribution in [0.5, 0.6) is 5.75 Å². The second-order valence-corrected chi connectivity index (χ2v) is 5.22. The molecule has 0 fully saturated rings. The van der Waals surface area contributed by atoms with Gasteiger partial charge in [-0.3, -0.25) is 0 Å². The Morgan fingerprint density at radius 1 is 1.11 bits per heavy atom. The van der Waals surface area contributed by atoms with Gasteiger partial charge in [0, 0.05) is 6.07 Å². The van der Waals surface area contributed by atoms with E-state index in [-0.39, 0.29) is 17.9 Å². The highest BCUT2D eigenvalue weighted by molar-refractivity contribution is 6.03. The summed E-state index contributed by atoms with van der Waals surface area (Å²) >= 11 is 0. The van der Waals surface area contributed by atoms with Crippen LogP contribution in [0, 0.1) is 5.82 Å². The molecule has 1 aliphatic heterocycles. The largest absolute Gasteiger partial charge is 0.497 e. The molecule has 0 bridgehead atoms. The molecule has 1 aliphatic rings. The average Bonchev–Trinajstić information content (AvgIpc) is 2.65. The van der Waals surface area contributed by atoms with Crippen LogP contribution in [-0.2, 0) is 30.0 Å². The lowest BCUT2D eigenvalue weighted by Gasteiger charge is -2.32. The fraction of sp³-hybridized carbons (Fsp3) is 0.375. The van der Waals surface area contributed by atoms with Crippen molar-refractivity contribution < 1.29 is 46.1 Å². The summed E-state index contributed by atoms with van der Waals surface area (Å²) in [5.74, 6) is -4.03. The molecule has 0 saturated heterocycles. The molecular formula is C16H15F4NO6. The van der Waals surface area contributed by atoms with Gasteiger partial charge in [0.25, 0.3) is 0 Å². The van der Waals surface area contributed by atoms with Crippen LogP contribution in [-0.4, -0.2) is 46.6 Å². The van der Waals surface area contributed by atoms with Crippen LogP contribution in [0.25, 0.3) is 0 Å². The molecule has 0 aliphatic carbocycles. The van der Waals surface area contributed by atoms with Gasteiger partial charge in [-0.2, -0.15) is 13.2 Å². The van der Waals surface area contributed by atoms with Crippen molar-refractivity contribution in [3.63, 3.8) is 0 Å². The van der Waals surface area contributed by atoms with Crippen molar-refractivity contribution in [1.82, 2.24) is 0 Å². The summed E-state index contributed by atoms with van der Waals surface area (Å²) in [5, 5.41) is 0. The monoisotopic (exact) mass is 393 g/mol. The molecule has 7 nitrogen and oxygen atoms in total. The number of benzene rings is 1. The van der Waals surface area contributed by atoms with Crippen molar-refractivity contribution in [2.24, 2.45) is 0 Å². The Hall–Kier alpha value is -2.82. The Bertz CT molecular complexity index is 790. The number of carbonyl (C=O) groups excluding carboxylic acids is 2. The molecule has 0 N–H and O–H groups in total.